The van der Waals surface area contributed by atoms with E-state index < -0.39 is 5.41 Å². The normalized spacial score (nSPS) is 21.3. The number of nitrogens with one attached hydrogen (secondary N) is 1. The zero-order valence-electron chi connectivity index (χ0n) is 19.4. The molecule has 2 heterocycles. The van der Waals surface area contributed by atoms with Crippen LogP contribution in [0.3, 0.4) is 0 Å². The smallest absolute Gasteiger partial charge is 0.162 e. The van der Waals surface area contributed by atoms with Crippen LogP contribution in [0.1, 0.15) is 69.7 Å². The van der Waals surface area contributed by atoms with Crippen molar-refractivity contribution in [3.63, 3.8) is 0 Å². The van der Waals surface area contributed by atoms with Crippen LogP contribution in [-0.2, 0) is 10.2 Å². The molecule has 4 rings (SSSR count). The summed E-state index contributed by atoms with van der Waals surface area (Å²) < 4.78 is 5.96. The number of fused-ring (bicyclic) bond motifs is 1. The number of carbonyl (C=O) groups excluding carboxylic acids is 1. The summed E-state index contributed by atoms with van der Waals surface area (Å²) >= 11 is 0. The summed E-state index contributed by atoms with van der Waals surface area (Å²) in [5.41, 5.74) is 3.36. The van der Waals surface area contributed by atoms with Gasteiger partial charge in [0.25, 0.3) is 0 Å². The molecule has 0 radical (unpaired) electrons. The van der Waals surface area contributed by atoms with E-state index in [0.717, 1.165) is 23.4 Å². The van der Waals surface area contributed by atoms with Crippen LogP contribution in [0.4, 0.5) is 5.82 Å². The van der Waals surface area contributed by atoms with Crippen LogP contribution < -0.4 is 10.1 Å². The second kappa shape index (κ2) is 7.63. The van der Waals surface area contributed by atoms with Gasteiger partial charge < -0.3 is 10.1 Å². The molecule has 1 N–H and O–H groups in total. The van der Waals surface area contributed by atoms with E-state index in [9.17, 15) is 10.1 Å². The molecule has 1 atom stereocenters. The number of allylic oxidation sites excluding steroid dienone is 2. The molecule has 2 aromatic rings. The Balaban J connectivity index is 2.06. The molecule has 2 aliphatic rings. The maximum atomic E-state index is 13.6. The Hall–Kier alpha value is -3.39. The van der Waals surface area contributed by atoms with Gasteiger partial charge in [0, 0.05) is 35.0 Å². The van der Waals surface area contributed by atoms with Crippen LogP contribution in [0.15, 0.2) is 48.3 Å². The van der Waals surface area contributed by atoms with Crippen molar-refractivity contribution in [1.29, 1.82) is 5.26 Å². The first kappa shape index (κ1) is 21.8. The Labute approximate surface area is 189 Å². The molecule has 1 aromatic heterocycles. The summed E-state index contributed by atoms with van der Waals surface area (Å²) in [6.45, 7) is 14.1. The van der Waals surface area contributed by atoms with Crippen LogP contribution >= 0.6 is 0 Å². The number of rotatable bonds is 4. The Kier molecular flexibility index (Phi) is 5.21. The Morgan fingerprint density at radius 3 is 2.69 bits per heavy atom. The molecular weight excluding hydrogens is 398 g/mol. The largest absolute Gasteiger partial charge is 0.491 e. The number of benzene rings is 1. The number of hydrogen-bond donors (Lipinski definition) is 1. The van der Waals surface area contributed by atoms with Crippen LogP contribution in [0.25, 0.3) is 6.08 Å². The van der Waals surface area contributed by atoms with E-state index in [-0.39, 0.29) is 17.3 Å². The standard InChI is InChI=1S/C27H29N3O2/c1-7-17-15-29-25-23(20(17)14-28)27(6,18-9-8-10-19(11-18)32-16(2)3)24-21(30-25)12-26(4,5)13-22(24)31/h7-11,15-16H,1,12-13H2,2-6H3,(H,29,30). The van der Waals surface area contributed by atoms with E-state index in [1.807, 2.05) is 45.0 Å². The maximum Gasteiger partial charge on any atom is 0.162 e. The van der Waals surface area contributed by atoms with Gasteiger partial charge in [0.2, 0.25) is 0 Å². The lowest BCUT2D eigenvalue weighted by Crippen LogP contribution is -2.43. The highest BCUT2D eigenvalue weighted by Gasteiger charge is 2.49. The molecule has 0 saturated heterocycles. The molecule has 1 unspecified atom stereocenters. The van der Waals surface area contributed by atoms with Gasteiger partial charge in [-0.05, 0) is 50.3 Å². The average molecular weight is 428 g/mol. The second-order valence-electron chi connectivity index (χ2n) is 9.87. The number of pyridine rings is 1. The lowest BCUT2D eigenvalue weighted by molar-refractivity contribution is -0.118. The zero-order valence-corrected chi connectivity index (χ0v) is 19.4. The minimum Gasteiger partial charge on any atom is -0.491 e. The van der Waals surface area contributed by atoms with E-state index in [0.29, 0.717) is 34.5 Å². The van der Waals surface area contributed by atoms with Gasteiger partial charge in [0.1, 0.15) is 17.6 Å². The molecule has 1 aliphatic heterocycles. The summed E-state index contributed by atoms with van der Waals surface area (Å²) in [5.74, 6) is 1.45. The summed E-state index contributed by atoms with van der Waals surface area (Å²) in [5, 5.41) is 13.5. The fourth-order valence-electron chi connectivity index (χ4n) is 5.10. The minimum atomic E-state index is -0.850. The molecule has 1 aromatic carbocycles. The molecule has 0 fully saturated rings. The van der Waals surface area contributed by atoms with Gasteiger partial charge in [-0.1, -0.05) is 38.6 Å². The third-order valence-electron chi connectivity index (χ3n) is 6.37. The number of nitriles is 1. The Morgan fingerprint density at radius 2 is 2.03 bits per heavy atom. The Bertz CT molecular complexity index is 1200. The van der Waals surface area contributed by atoms with Gasteiger partial charge in [0.05, 0.1) is 17.1 Å². The average Bonchev–Trinajstić information content (AvgIpc) is 2.71. The van der Waals surface area contributed by atoms with E-state index in [1.54, 1.807) is 12.3 Å². The van der Waals surface area contributed by atoms with Gasteiger partial charge in [0.15, 0.2) is 5.78 Å². The quantitative estimate of drug-likeness (QED) is 0.671. The topological polar surface area (TPSA) is 75.0 Å². The third kappa shape index (κ3) is 3.40. The monoisotopic (exact) mass is 427 g/mol. The van der Waals surface area contributed by atoms with Crippen molar-refractivity contribution in [3.05, 3.63) is 70.6 Å². The van der Waals surface area contributed by atoms with E-state index >= 15 is 0 Å². The SMILES string of the molecule is C=Cc1cnc2c(c1C#N)C(C)(c1cccc(OC(C)C)c1)C1=C(CC(C)(C)CC1=O)N2. The minimum absolute atomic E-state index is 0.0222. The summed E-state index contributed by atoms with van der Waals surface area (Å²) in [7, 11) is 0. The first-order valence-corrected chi connectivity index (χ1v) is 11.0. The molecule has 5 heteroatoms. The van der Waals surface area contributed by atoms with Gasteiger partial charge in [-0.15, -0.1) is 0 Å². The highest BCUT2D eigenvalue weighted by Crippen LogP contribution is 2.53. The Morgan fingerprint density at radius 1 is 1.28 bits per heavy atom. The van der Waals surface area contributed by atoms with E-state index in [2.05, 4.69) is 36.8 Å². The van der Waals surface area contributed by atoms with E-state index in [4.69, 9.17) is 4.74 Å². The molecule has 32 heavy (non-hydrogen) atoms. The van der Waals surface area contributed by atoms with Gasteiger partial charge in [-0.3, -0.25) is 4.79 Å². The fourth-order valence-corrected chi connectivity index (χ4v) is 5.10. The summed E-state index contributed by atoms with van der Waals surface area (Å²) in [4.78, 5) is 18.3. The molecule has 1 aliphatic carbocycles. The molecule has 0 bridgehead atoms. The number of carbonyl (C=O) groups is 1. The number of ketones is 1. The first-order valence-electron chi connectivity index (χ1n) is 11.0. The van der Waals surface area contributed by atoms with Crippen molar-refractivity contribution < 1.29 is 9.53 Å². The highest BCUT2D eigenvalue weighted by atomic mass is 16.5. The number of Topliss-reactive ketones (excluding diaryl/α,β-unsaturated/α-hetero) is 1. The van der Waals surface area contributed by atoms with Gasteiger partial charge in [-0.2, -0.15) is 5.26 Å². The number of aromatic nitrogens is 1. The summed E-state index contributed by atoms with van der Waals surface area (Å²) in [6, 6.07) is 10.2. The second-order valence-corrected chi connectivity index (χ2v) is 9.87. The molecular formula is C27H29N3O2. The van der Waals surface area contributed by atoms with Crippen LogP contribution in [0.5, 0.6) is 5.75 Å². The van der Waals surface area contributed by atoms with Crippen molar-refractivity contribution in [3.8, 4) is 11.8 Å². The van der Waals surface area contributed by atoms with Crippen molar-refractivity contribution in [2.75, 3.05) is 5.32 Å². The molecule has 0 amide bonds. The third-order valence-corrected chi connectivity index (χ3v) is 6.37. The van der Waals surface area contributed by atoms with Gasteiger partial charge in [-0.25, -0.2) is 4.98 Å². The molecule has 0 saturated carbocycles. The predicted molar refractivity (Wildman–Crippen MR) is 126 cm³/mol. The number of hydrogen-bond acceptors (Lipinski definition) is 5. The van der Waals surface area contributed by atoms with Crippen molar-refractivity contribution in [2.45, 2.75) is 59.0 Å². The maximum absolute atomic E-state index is 13.6. The lowest BCUT2D eigenvalue weighted by Gasteiger charge is -2.45. The number of anilines is 1. The van der Waals surface area contributed by atoms with Gasteiger partial charge >= 0.3 is 0 Å². The molecule has 0 spiro atoms. The molecule has 5 nitrogen and oxygen atoms in total. The summed E-state index contributed by atoms with van der Waals surface area (Å²) in [6.07, 6.45) is 4.52. The molecule has 164 valence electrons. The van der Waals surface area contributed by atoms with Crippen LogP contribution in [-0.4, -0.2) is 16.9 Å². The van der Waals surface area contributed by atoms with Crippen molar-refractivity contribution in [2.24, 2.45) is 5.41 Å². The highest BCUT2D eigenvalue weighted by molar-refractivity contribution is 6.03. The zero-order chi connectivity index (χ0) is 23.3. The number of ether oxygens (including phenoxy) is 1. The van der Waals surface area contributed by atoms with Crippen LogP contribution in [0, 0.1) is 16.7 Å². The van der Waals surface area contributed by atoms with Crippen LogP contribution in [0.2, 0.25) is 0 Å². The lowest BCUT2D eigenvalue weighted by atomic mass is 9.61. The van der Waals surface area contributed by atoms with Crippen molar-refractivity contribution >= 4 is 17.7 Å². The first-order chi connectivity index (χ1) is 15.1. The fraction of sp³-hybridized carbons (Fsp3) is 0.370. The van der Waals surface area contributed by atoms with E-state index in [1.165, 1.54) is 0 Å². The van der Waals surface area contributed by atoms with Crippen molar-refractivity contribution in [1.82, 2.24) is 4.98 Å². The predicted octanol–water partition coefficient (Wildman–Crippen LogP) is 5.76. The number of nitrogens with zero attached hydrogens (tertiary/aromatic N) is 2.